The van der Waals surface area contributed by atoms with Gasteiger partial charge >= 0.3 is 6.18 Å². The average molecular weight is 419 g/mol. The van der Waals surface area contributed by atoms with E-state index in [1.807, 2.05) is 25.4 Å². The summed E-state index contributed by atoms with van der Waals surface area (Å²) < 4.78 is 41.0. The van der Waals surface area contributed by atoms with Gasteiger partial charge in [0.1, 0.15) is 5.82 Å². The van der Waals surface area contributed by atoms with Gasteiger partial charge < -0.3 is 9.80 Å². The molecule has 2 atom stereocenters. The van der Waals surface area contributed by atoms with Crippen LogP contribution >= 0.6 is 0 Å². The van der Waals surface area contributed by atoms with Gasteiger partial charge in [0.05, 0.1) is 11.6 Å². The first-order valence-electron chi connectivity index (χ1n) is 9.99. The zero-order valence-electron chi connectivity index (χ0n) is 16.8. The predicted molar refractivity (Wildman–Crippen MR) is 107 cm³/mol. The summed E-state index contributed by atoms with van der Waals surface area (Å²) in [5.41, 5.74) is 2.56. The third kappa shape index (κ3) is 3.93. The second-order valence-corrected chi connectivity index (χ2v) is 7.95. The van der Waals surface area contributed by atoms with Gasteiger partial charge in [0.2, 0.25) is 5.91 Å². The summed E-state index contributed by atoms with van der Waals surface area (Å²) in [5.74, 6) is -0.806. The molecule has 4 rings (SSSR count). The Bertz CT molecular complexity index is 954. The van der Waals surface area contributed by atoms with Crippen LogP contribution in [0.2, 0.25) is 0 Å². The molecule has 2 unspecified atom stereocenters. The number of aromatic nitrogens is 3. The summed E-state index contributed by atoms with van der Waals surface area (Å²) in [5, 5.41) is 4.50. The van der Waals surface area contributed by atoms with Crippen LogP contribution < -0.4 is 4.90 Å². The van der Waals surface area contributed by atoms with E-state index in [0.717, 1.165) is 23.2 Å². The van der Waals surface area contributed by atoms with Crippen LogP contribution in [-0.4, -0.2) is 57.9 Å². The molecule has 1 amide bonds. The molecule has 0 aromatic carbocycles. The molecule has 0 radical (unpaired) electrons. The molecule has 0 aliphatic carbocycles. The number of nitrogens with zero attached hydrogens (tertiary/aromatic N) is 5. The molecular formula is C21H24F3N5O. The summed E-state index contributed by atoms with van der Waals surface area (Å²) >= 11 is 0. The zero-order chi connectivity index (χ0) is 21.5. The number of hydrogen-bond donors (Lipinski definition) is 0. The van der Waals surface area contributed by atoms with Gasteiger partial charge in [-0.1, -0.05) is 6.58 Å². The molecular weight excluding hydrogens is 395 g/mol. The summed E-state index contributed by atoms with van der Waals surface area (Å²) in [4.78, 5) is 19.9. The number of aryl methyl sites for hydroxylation is 1. The molecule has 2 aromatic heterocycles. The summed E-state index contributed by atoms with van der Waals surface area (Å²) in [7, 11) is 1.82. The van der Waals surface area contributed by atoms with Gasteiger partial charge in [-0.25, -0.2) is 4.98 Å². The van der Waals surface area contributed by atoms with E-state index in [0.29, 0.717) is 25.5 Å². The maximum Gasteiger partial charge on any atom is 0.393 e. The number of hydrogen-bond acceptors (Lipinski definition) is 4. The van der Waals surface area contributed by atoms with Gasteiger partial charge in [0.25, 0.3) is 0 Å². The van der Waals surface area contributed by atoms with Crippen molar-refractivity contribution in [2.45, 2.75) is 24.9 Å². The number of carbonyl (C=O) groups excluding carboxylic acids is 1. The Hall–Kier alpha value is -2.84. The van der Waals surface area contributed by atoms with Crippen molar-refractivity contribution in [2.75, 3.05) is 31.1 Å². The van der Waals surface area contributed by atoms with Gasteiger partial charge in [-0.05, 0) is 36.6 Å². The highest BCUT2D eigenvalue weighted by Crippen LogP contribution is 2.38. The maximum atomic E-state index is 13.1. The second kappa shape index (κ2) is 7.77. The molecule has 0 saturated carbocycles. The minimum absolute atomic E-state index is 0.0765. The smallest absolute Gasteiger partial charge is 0.356 e. The van der Waals surface area contributed by atoms with Gasteiger partial charge in [0.15, 0.2) is 0 Å². The van der Waals surface area contributed by atoms with Gasteiger partial charge in [-0.2, -0.15) is 18.3 Å². The summed E-state index contributed by atoms with van der Waals surface area (Å²) in [6, 6.07) is 3.72. The topological polar surface area (TPSA) is 54.3 Å². The molecule has 2 fully saturated rings. The number of carbonyl (C=O) groups is 1. The highest BCUT2D eigenvalue weighted by Gasteiger charge is 2.44. The fourth-order valence-electron chi connectivity index (χ4n) is 4.31. The molecule has 30 heavy (non-hydrogen) atoms. The lowest BCUT2D eigenvalue weighted by Crippen LogP contribution is -2.28. The number of alkyl halides is 3. The molecule has 160 valence electrons. The fourth-order valence-corrected chi connectivity index (χ4v) is 4.31. The number of anilines is 1. The monoisotopic (exact) mass is 419 g/mol. The third-order valence-corrected chi connectivity index (χ3v) is 6.00. The predicted octanol–water partition coefficient (Wildman–Crippen LogP) is 3.37. The van der Waals surface area contributed by atoms with Crippen LogP contribution in [0.4, 0.5) is 19.0 Å². The lowest BCUT2D eigenvalue weighted by atomic mass is 9.93. The summed E-state index contributed by atoms with van der Waals surface area (Å²) in [6.45, 7) is 4.99. The van der Waals surface area contributed by atoms with Crippen molar-refractivity contribution in [3.8, 4) is 11.3 Å². The van der Waals surface area contributed by atoms with E-state index in [9.17, 15) is 18.0 Å². The largest absolute Gasteiger partial charge is 0.393 e. The standard InChI is InChI=1S/C21H24F3N5O/c1-3-20(30)29-8-4-14(12-29)17-11-25-19(10-16(17)18-6-7-27(2)26-18)28-9-5-15(13-28)21(22,23)24/h3,6-7,10-11,14-15H,1,4-5,8-9,12-13H2,2H3. The van der Waals surface area contributed by atoms with E-state index in [2.05, 4.69) is 16.7 Å². The Morgan fingerprint density at radius 2 is 2.07 bits per heavy atom. The first kappa shape index (κ1) is 20.4. The summed E-state index contributed by atoms with van der Waals surface area (Å²) in [6.07, 6.45) is 1.56. The van der Waals surface area contributed by atoms with Crippen LogP contribution in [-0.2, 0) is 11.8 Å². The van der Waals surface area contributed by atoms with E-state index in [1.54, 1.807) is 20.7 Å². The van der Waals surface area contributed by atoms with Crippen molar-refractivity contribution in [1.82, 2.24) is 19.7 Å². The number of rotatable bonds is 4. The van der Waals surface area contributed by atoms with Crippen molar-refractivity contribution in [1.29, 1.82) is 0 Å². The average Bonchev–Trinajstić information content (AvgIpc) is 3.46. The Balaban J connectivity index is 1.65. The fraction of sp³-hybridized carbons (Fsp3) is 0.476. The Labute approximate surface area is 173 Å². The van der Waals surface area contributed by atoms with Crippen LogP contribution in [0.5, 0.6) is 0 Å². The van der Waals surface area contributed by atoms with E-state index in [4.69, 9.17) is 0 Å². The van der Waals surface area contributed by atoms with E-state index < -0.39 is 12.1 Å². The molecule has 4 heterocycles. The van der Waals surface area contributed by atoms with Crippen molar-refractivity contribution in [2.24, 2.45) is 13.0 Å². The third-order valence-electron chi connectivity index (χ3n) is 6.00. The van der Waals surface area contributed by atoms with E-state index in [-0.39, 0.29) is 24.8 Å². The van der Waals surface area contributed by atoms with Crippen molar-refractivity contribution in [3.05, 3.63) is 42.7 Å². The SMILES string of the molecule is C=CC(=O)N1CCC(c2cnc(N3CCC(C(F)(F)F)C3)cc2-c2ccn(C)n2)C1. The van der Waals surface area contributed by atoms with Crippen LogP contribution in [0.25, 0.3) is 11.3 Å². The molecule has 6 nitrogen and oxygen atoms in total. The van der Waals surface area contributed by atoms with E-state index in [1.165, 1.54) is 6.08 Å². The number of likely N-dealkylation sites (tertiary alicyclic amines) is 1. The van der Waals surface area contributed by atoms with Crippen LogP contribution in [0.1, 0.15) is 24.3 Å². The minimum atomic E-state index is -4.19. The lowest BCUT2D eigenvalue weighted by Gasteiger charge is -2.22. The molecule has 0 N–H and O–H groups in total. The molecule has 2 aliphatic heterocycles. The van der Waals surface area contributed by atoms with Crippen LogP contribution in [0, 0.1) is 5.92 Å². The number of pyridine rings is 1. The first-order valence-corrected chi connectivity index (χ1v) is 9.99. The molecule has 0 bridgehead atoms. The quantitative estimate of drug-likeness (QED) is 0.713. The first-order chi connectivity index (χ1) is 14.3. The molecule has 2 aromatic rings. The maximum absolute atomic E-state index is 13.1. The highest BCUT2D eigenvalue weighted by atomic mass is 19.4. The van der Waals surface area contributed by atoms with Crippen molar-refractivity contribution < 1.29 is 18.0 Å². The number of halogens is 3. The van der Waals surface area contributed by atoms with Crippen LogP contribution in [0.3, 0.4) is 0 Å². The van der Waals surface area contributed by atoms with E-state index >= 15 is 0 Å². The van der Waals surface area contributed by atoms with Gasteiger partial charge in [-0.15, -0.1) is 0 Å². The molecule has 2 aliphatic rings. The van der Waals surface area contributed by atoms with Gasteiger partial charge in [-0.3, -0.25) is 9.48 Å². The molecule has 2 saturated heterocycles. The lowest BCUT2D eigenvalue weighted by molar-refractivity contribution is -0.168. The minimum Gasteiger partial charge on any atom is -0.356 e. The number of amides is 1. The zero-order valence-corrected chi connectivity index (χ0v) is 16.8. The second-order valence-electron chi connectivity index (χ2n) is 7.95. The van der Waals surface area contributed by atoms with Crippen LogP contribution in [0.15, 0.2) is 37.2 Å². The highest BCUT2D eigenvalue weighted by molar-refractivity contribution is 5.87. The van der Waals surface area contributed by atoms with Gasteiger partial charge in [0, 0.05) is 57.1 Å². The van der Waals surface area contributed by atoms with Crippen molar-refractivity contribution >= 4 is 11.7 Å². The molecule has 0 spiro atoms. The Kier molecular flexibility index (Phi) is 5.29. The Morgan fingerprint density at radius 3 is 2.70 bits per heavy atom. The molecule has 9 heteroatoms. The van der Waals surface area contributed by atoms with Crippen molar-refractivity contribution in [3.63, 3.8) is 0 Å². The normalized spacial score (nSPS) is 22.0. The Morgan fingerprint density at radius 1 is 1.27 bits per heavy atom.